The van der Waals surface area contributed by atoms with Gasteiger partial charge in [-0.2, -0.15) is 0 Å². The summed E-state index contributed by atoms with van der Waals surface area (Å²) >= 11 is 0. The van der Waals surface area contributed by atoms with Crippen molar-refractivity contribution < 1.29 is 24.5 Å². The third-order valence-corrected chi connectivity index (χ3v) is 11.8. The summed E-state index contributed by atoms with van der Waals surface area (Å²) in [6.45, 7) is 6.49. The van der Waals surface area contributed by atoms with Crippen LogP contribution in [0.3, 0.4) is 0 Å². The van der Waals surface area contributed by atoms with Crippen LogP contribution in [0.25, 0.3) is 0 Å². The van der Waals surface area contributed by atoms with Crippen LogP contribution in [0.15, 0.2) is 12.2 Å². The minimum absolute atomic E-state index is 0.0785. The molecule has 0 heterocycles. The summed E-state index contributed by atoms with van der Waals surface area (Å²) in [4.78, 5) is 26.1. The van der Waals surface area contributed by atoms with Crippen LogP contribution in [0.2, 0.25) is 0 Å². The van der Waals surface area contributed by atoms with Crippen LogP contribution in [-0.4, -0.2) is 46.9 Å². The van der Waals surface area contributed by atoms with Gasteiger partial charge in [-0.25, -0.2) is 0 Å². The van der Waals surface area contributed by atoms with E-state index in [4.69, 9.17) is 4.74 Å². The molecule has 338 valence electrons. The maximum atomic E-state index is 13.2. The Bertz CT molecular complexity index is 863. The molecule has 0 aromatic heterocycles. The Kier molecular flexibility index (Phi) is 44.6. The Morgan fingerprint density at radius 1 is 0.491 bits per heavy atom. The van der Waals surface area contributed by atoms with Gasteiger partial charge in [0.15, 0.2) is 0 Å². The lowest BCUT2D eigenvalue weighted by molar-refractivity contribution is -0.151. The highest BCUT2D eigenvalue weighted by Crippen LogP contribution is 2.18. The van der Waals surface area contributed by atoms with Crippen LogP contribution in [0.1, 0.15) is 278 Å². The van der Waals surface area contributed by atoms with Gasteiger partial charge in [0.25, 0.3) is 0 Å². The van der Waals surface area contributed by atoms with E-state index in [1.54, 1.807) is 0 Å². The zero-order valence-corrected chi connectivity index (χ0v) is 38.5. The van der Waals surface area contributed by atoms with Crippen molar-refractivity contribution in [2.45, 2.75) is 296 Å². The van der Waals surface area contributed by atoms with Gasteiger partial charge in [0.2, 0.25) is 5.91 Å². The molecule has 3 N–H and O–H groups in total. The van der Waals surface area contributed by atoms with Gasteiger partial charge >= 0.3 is 5.97 Å². The quantitative estimate of drug-likeness (QED) is 0.0323. The zero-order chi connectivity index (χ0) is 41.7. The highest BCUT2D eigenvalue weighted by atomic mass is 16.5. The minimum atomic E-state index is -0.783. The van der Waals surface area contributed by atoms with Crippen molar-refractivity contribution in [3.8, 4) is 0 Å². The number of nitrogens with one attached hydrogen (secondary N) is 1. The fraction of sp³-hybridized carbons (Fsp3) is 0.922. The van der Waals surface area contributed by atoms with Crippen LogP contribution in [-0.2, 0) is 14.3 Å². The molecular formula is C51H99NO5. The van der Waals surface area contributed by atoms with Crippen LogP contribution in [0, 0.1) is 0 Å². The molecule has 3 unspecified atom stereocenters. The van der Waals surface area contributed by atoms with Crippen LogP contribution >= 0.6 is 0 Å². The topological polar surface area (TPSA) is 95.9 Å². The smallest absolute Gasteiger partial charge is 0.306 e. The number of aliphatic hydroxyl groups is 2. The van der Waals surface area contributed by atoms with Crippen LogP contribution in [0.4, 0.5) is 0 Å². The molecule has 3 atom stereocenters. The first-order valence-electron chi connectivity index (χ1n) is 25.4. The standard InChI is InChI=1S/C51H99NO5/c1-4-7-10-13-16-19-22-25-26-29-32-35-38-41-44-51(56)57-47(42-39-36-33-30-27-23-20-17-14-11-8-5-2)45-50(55)52-48(46-53)49(54)43-40-37-34-31-28-24-21-18-15-12-9-6-3/h26,29,47-49,53-54H,4-25,27-28,30-46H2,1-3H3,(H,52,55)/b29-26-. The van der Waals surface area contributed by atoms with E-state index in [1.807, 2.05) is 0 Å². The number of carbonyl (C=O) groups excluding carboxylic acids is 2. The number of aliphatic hydroxyl groups excluding tert-OH is 2. The summed E-state index contributed by atoms with van der Waals surface area (Å²) in [5.41, 5.74) is 0. The summed E-state index contributed by atoms with van der Waals surface area (Å²) < 4.78 is 5.92. The number of hydrogen-bond acceptors (Lipinski definition) is 5. The molecule has 0 rings (SSSR count). The minimum Gasteiger partial charge on any atom is -0.462 e. The van der Waals surface area contributed by atoms with Crippen molar-refractivity contribution in [1.82, 2.24) is 5.32 Å². The number of hydrogen-bond donors (Lipinski definition) is 3. The van der Waals surface area contributed by atoms with E-state index < -0.39 is 18.2 Å². The van der Waals surface area contributed by atoms with Gasteiger partial charge in [0.1, 0.15) is 6.10 Å². The Morgan fingerprint density at radius 3 is 1.25 bits per heavy atom. The molecule has 0 fully saturated rings. The van der Waals surface area contributed by atoms with Gasteiger partial charge in [-0.15, -0.1) is 0 Å². The van der Waals surface area contributed by atoms with Crippen LogP contribution in [0.5, 0.6) is 0 Å². The first-order chi connectivity index (χ1) is 28.0. The monoisotopic (exact) mass is 806 g/mol. The van der Waals surface area contributed by atoms with Crippen molar-refractivity contribution >= 4 is 11.9 Å². The molecule has 1 amide bonds. The van der Waals surface area contributed by atoms with Crippen molar-refractivity contribution in [3.05, 3.63) is 12.2 Å². The largest absolute Gasteiger partial charge is 0.462 e. The van der Waals surface area contributed by atoms with Gasteiger partial charge in [-0.1, -0.05) is 226 Å². The molecule has 0 bridgehead atoms. The van der Waals surface area contributed by atoms with Crippen LogP contribution < -0.4 is 5.32 Å². The normalized spacial score (nSPS) is 13.3. The summed E-state index contributed by atoms with van der Waals surface area (Å²) in [7, 11) is 0. The predicted molar refractivity (Wildman–Crippen MR) is 246 cm³/mol. The van der Waals surface area contributed by atoms with Gasteiger partial charge in [-0.05, 0) is 51.4 Å². The van der Waals surface area contributed by atoms with Gasteiger partial charge < -0.3 is 20.3 Å². The molecule has 0 saturated heterocycles. The molecule has 57 heavy (non-hydrogen) atoms. The Balaban J connectivity index is 4.55. The summed E-state index contributed by atoms with van der Waals surface area (Å²) in [6, 6.07) is -0.696. The Hall–Kier alpha value is -1.40. The average Bonchev–Trinajstić information content (AvgIpc) is 3.20. The molecule has 6 nitrogen and oxygen atoms in total. The van der Waals surface area contributed by atoms with Crippen molar-refractivity contribution in [3.63, 3.8) is 0 Å². The number of unbranched alkanes of at least 4 members (excludes halogenated alkanes) is 32. The third-order valence-electron chi connectivity index (χ3n) is 11.8. The van der Waals surface area contributed by atoms with Crippen molar-refractivity contribution in [2.24, 2.45) is 0 Å². The van der Waals surface area contributed by atoms with E-state index >= 15 is 0 Å². The van der Waals surface area contributed by atoms with Crippen molar-refractivity contribution in [2.75, 3.05) is 6.61 Å². The van der Waals surface area contributed by atoms with E-state index in [0.717, 1.165) is 51.4 Å². The van der Waals surface area contributed by atoms with Gasteiger partial charge in [0, 0.05) is 6.42 Å². The van der Waals surface area contributed by atoms with E-state index in [-0.39, 0.29) is 24.9 Å². The Labute approximate surface area is 355 Å². The molecule has 0 aliphatic carbocycles. The average molecular weight is 806 g/mol. The number of ether oxygens (including phenoxy) is 1. The van der Waals surface area contributed by atoms with E-state index in [0.29, 0.717) is 19.3 Å². The molecule has 0 aliphatic heterocycles. The van der Waals surface area contributed by atoms with Gasteiger partial charge in [-0.3, -0.25) is 9.59 Å². The lowest BCUT2D eigenvalue weighted by Gasteiger charge is -2.24. The molecule has 6 heteroatoms. The lowest BCUT2D eigenvalue weighted by atomic mass is 10.0. The highest BCUT2D eigenvalue weighted by Gasteiger charge is 2.24. The molecule has 0 aliphatic rings. The number of carbonyl (C=O) groups is 2. The number of rotatable bonds is 46. The molecule has 0 radical (unpaired) electrons. The maximum absolute atomic E-state index is 13.2. The number of esters is 1. The molecular weight excluding hydrogens is 707 g/mol. The van der Waals surface area contributed by atoms with E-state index in [9.17, 15) is 19.8 Å². The zero-order valence-electron chi connectivity index (χ0n) is 38.5. The first-order valence-corrected chi connectivity index (χ1v) is 25.4. The second-order valence-corrected chi connectivity index (χ2v) is 17.6. The van der Waals surface area contributed by atoms with E-state index in [1.165, 1.54) is 180 Å². The first kappa shape index (κ1) is 55.6. The third kappa shape index (κ3) is 41.1. The molecule has 0 spiro atoms. The highest BCUT2D eigenvalue weighted by molar-refractivity contribution is 5.77. The number of allylic oxidation sites excluding steroid dienone is 2. The fourth-order valence-electron chi connectivity index (χ4n) is 7.96. The predicted octanol–water partition coefficient (Wildman–Crippen LogP) is 15.0. The summed E-state index contributed by atoms with van der Waals surface area (Å²) in [5.74, 6) is -0.477. The second-order valence-electron chi connectivity index (χ2n) is 17.6. The Morgan fingerprint density at radius 2 is 0.842 bits per heavy atom. The summed E-state index contributed by atoms with van der Waals surface area (Å²) in [5, 5.41) is 23.7. The molecule has 0 aromatic rings. The van der Waals surface area contributed by atoms with E-state index in [2.05, 4.69) is 38.2 Å². The maximum Gasteiger partial charge on any atom is 0.306 e. The van der Waals surface area contributed by atoms with Crippen molar-refractivity contribution in [1.29, 1.82) is 0 Å². The summed E-state index contributed by atoms with van der Waals surface area (Å²) in [6.07, 6.45) is 49.8. The molecule has 0 aromatic carbocycles. The second kappa shape index (κ2) is 45.7. The lowest BCUT2D eigenvalue weighted by Crippen LogP contribution is -2.46. The van der Waals surface area contributed by atoms with Gasteiger partial charge in [0.05, 0.1) is 25.2 Å². The number of amides is 1. The molecule has 0 saturated carbocycles. The fourth-order valence-corrected chi connectivity index (χ4v) is 7.96. The SMILES string of the molecule is CCCCCCCCC/C=C\CCCCCC(=O)OC(CCCCCCCCCCCCCC)CC(=O)NC(CO)C(O)CCCCCCCCCCCCCC.